The van der Waals surface area contributed by atoms with Gasteiger partial charge in [0.1, 0.15) is 2.14 Å². The van der Waals surface area contributed by atoms with Crippen molar-refractivity contribution in [2.75, 3.05) is 10.7 Å². The Labute approximate surface area is 118 Å². The van der Waals surface area contributed by atoms with E-state index in [1.165, 1.54) is 0 Å². The second-order valence-corrected chi connectivity index (χ2v) is 11.4. The SMILES string of the molecule is BrCCBr.CC(Br)C(Br)(Br)Br. The Hall–Kier alpha value is 2.88. The molecule has 0 aliphatic carbocycles. The molecule has 0 aromatic rings. The number of alkyl halides is 6. The van der Waals surface area contributed by atoms with Crippen LogP contribution in [0.15, 0.2) is 0 Å². The summed E-state index contributed by atoms with van der Waals surface area (Å²) < 4.78 is -0.146. The average molecular weight is 548 g/mol. The minimum Gasteiger partial charge on any atom is -0.0919 e. The molecule has 70 valence electrons. The molecule has 0 fully saturated rings. The molecule has 0 rings (SSSR count). The van der Waals surface area contributed by atoms with Crippen molar-refractivity contribution >= 4 is 95.6 Å². The van der Waals surface area contributed by atoms with Crippen LogP contribution in [0.2, 0.25) is 0 Å². The number of rotatable bonds is 1. The highest BCUT2D eigenvalue weighted by Gasteiger charge is 2.23. The molecule has 0 radical (unpaired) electrons. The first-order valence-electron chi connectivity index (χ1n) is 2.69. The molecule has 1 atom stereocenters. The van der Waals surface area contributed by atoms with Gasteiger partial charge in [-0.05, 0) is 6.92 Å². The maximum Gasteiger partial charge on any atom is 0.147 e. The zero-order chi connectivity index (χ0) is 9.49. The van der Waals surface area contributed by atoms with E-state index < -0.39 is 0 Å². The lowest BCUT2D eigenvalue weighted by molar-refractivity contribution is 1.10. The second-order valence-electron chi connectivity index (χ2n) is 1.54. The normalized spacial score (nSPS) is 13.4. The minimum absolute atomic E-state index is 0.146. The molecule has 0 aliphatic rings. The van der Waals surface area contributed by atoms with Crippen molar-refractivity contribution in [3.8, 4) is 0 Å². The molecular formula is C5H8Br6. The van der Waals surface area contributed by atoms with Gasteiger partial charge in [0.25, 0.3) is 0 Å². The summed E-state index contributed by atoms with van der Waals surface area (Å²) in [6, 6.07) is 0. The first-order chi connectivity index (χ1) is 4.86. The first-order valence-corrected chi connectivity index (χ1v) is 8.22. The largest absolute Gasteiger partial charge is 0.147 e. The van der Waals surface area contributed by atoms with Crippen LogP contribution in [0.25, 0.3) is 0 Å². The summed E-state index contributed by atoms with van der Waals surface area (Å²) in [6.45, 7) is 2.03. The van der Waals surface area contributed by atoms with Gasteiger partial charge in [-0.15, -0.1) is 0 Å². The molecule has 1 unspecified atom stereocenters. The van der Waals surface area contributed by atoms with E-state index in [1.807, 2.05) is 6.92 Å². The van der Waals surface area contributed by atoms with Crippen LogP contribution in [0.4, 0.5) is 0 Å². The van der Waals surface area contributed by atoms with Gasteiger partial charge in [0.05, 0.1) is 0 Å². The van der Waals surface area contributed by atoms with E-state index in [0.29, 0.717) is 4.83 Å². The predicted octanol–water partition coefficient (Wildman–Crippen LogP) is 5.38. The Bertz CT molecular complexity index is 73.5. The smallest absolute Gasteiger partial charge is 0.0919 e. The lowest BCUT2D eigenvalue weighted by Gasteiger charge is -2.13. The van der Waals surface area contributed by atoms with Crippen molar-refractivity contribution in [2.24, 2.45) is 0 Å². The summed E-state index contributed by atoms with van der Waals surface area (Å²) in [6.07, 6.45) is 0. The standard InChI is InChI=1S/C3H4Br4.C2H4Br2/c1-2(4)3(5,6)7;3-1-2-4/h2H,1H3;1-2H2. The van der Waals surface area contributed by atoms with Crippen molar-refractivity contribution in [1.82, 2.24) is 0 Å². The van der Waals surface area contributed by atoms with Crippen molar-refractivity contribution in [3.63, 3.8) is 0 Å². The molecule has 0 amide bonds. The molecule has 6 heteroatoms. The maximum atomic E-state index is 3.35. The highest BCUT2D eigenvalue weighted by atomic mass is 80.0. The fourth-order valence-corrected chi connectivity index (χ4v) is 0. The number of hydrogen-bond acceptors (Lipinski definition) is 0. The van der Waals surface area contributed by atoms with E-state index in [9.17, 15) is 0 Å². The summed E-state index contributed by atoms with van der Waals surface area (Å²) in [5.41, 5.74) is 0. The Morgan fingerprint density at radius 3 is 1.27 bits per heavy atom. The van der Waals surface area contributed by atoms with E-state index in [0.717, 1.165) is 10.7 Å². The van der Waals surface area contributed by atoms with Crippen LogP contribution in [0.1, 0.15) is 6.92 Å². The quantitative estimate of drug-likeness (QED) is 0.387. The van der Waals surface area contributed by atoms with Gasteiger partial charge < -0.3 is 0 Å². The van der Waals surface area contributed by atoms with Gasteiger partial charge in [-0.25, -0.2) is 0 Å². The van der Waals surface area contributed by atoms with E-state index in [1.54, 1.807) is 0 Å². The van der Waals surface area contributed by atoms with Gasteiger partial charge in [-0.2, -0.15) is 0 Å². The topological polar surface area (TPSA) is 0 Å². The minimum atomic E-state index is -0.146. The molecule has 0 saturated carbocycles. The highest BCUT2D eigenvalue weighted by molar-refractivity contribution is 9.40. The van der Waals surface area contributed by atoms with Gasteiger partial charge in [0.15, 0.2) is 0 Å². The van der Waals surface area contributed by atoms with Crippen molar-refractivity contribution in [3.05, 3.63) is 0 Å². The molecule has 0 aromatic carbocycles. The van der Waals surface area contributed by atoms with Crippen LogP contribution in [-0.4, -0.2) is 17.6 Å². The van der Waals surface area contributed by atoms with Crippen molar-refractivity contribution < 1.29 is 0 Å². The molecule has 0 bridgehead atoms. The molecule has 0 aromatic heterocycles. The summed E-state index contributed by atoms with van der Waals surface area (Å²) in [5, 5.41) is 2.10. The molecular weight excluding hydrogens is 539 g/mol. The maximum absolute atomic E-state index is 3.35. The average Bonchev–Trinajstić information content (AvgIpc) is 1.87. The third-order valence-corrected chi connectivity index (χ3v) is 6.97. The fourth-order valence-electron chi connectivity index (χ4n) is 0. The van der Waals surface area contributed by atoms with Gasteiger partial charge in [0.2, 0.25) is 0 Å². The van der Waals surface area contributed by atoms with E-state index in [4.69, 9.17) is 0 Å². The zero-order valence-corrected chi connectivity index (χ0v) is 15.3. The molecule has 0 nitrogen and oxygen atoms in total. The van der Waals surface area contributed by atoms with E-state index in [2.05, 4.69) is 95.6 Å². The second kappa shape index (κ2) is 9.44. The molecule has 11 heavy (non-hydrogen) atoms. The van der Waals surface area contributed by atoms with Gasteiger partial charge >= 0.3 is 0 Å². The van der Waals surface area contributed by atoms with Gasteiger partial charge in [0, 0.05) is 15.5 Å². The van der Waals surface area contributed by atoms with Gasteiger partial charge in [-0.3, -0.25) is 0 Å². The lowest BCUT2D eigenvalue weighted by atomic mass is 10.6. The monoisotopic (exact) mass is 542 g/mol. The van der Waals surface area contributed by atoms with Crippen LogP contribution in [0.3, 0.4) is 0 Å². The summed E-state index contributed by atoms with van der Waals surface area (Å²) in [4.78, 5) is 0.361. The first kappa shape index (κ1) is 16.3. The number of halogens is 6. The van der Waals surface area contributed by atoms with Crippen molar-refractivity contribution in [1.29, 1.82) is 0 Å². The van der Waals surface area contributed by atoms with Crippen LogP contribution < -0.4 is 0 Å². The summed E-state index contributed by atoms with van der Waals surface area (Å²) >= 11 is 19.7. The van der Waals surface area contributed by atoms with Crippen LogP contribution in [0.5, 0.6) is 0 Å². The third-order valence-electron chi connectivity index (χ3n) is 0.522. The van der Waals surface area contributed by atoms with Crippen LogP contribution in [0, 0.1) is 0 Å². The summed E-state index contributed by atoms with van der Waals surface area (Å²) in [7, 11) is 0. The summed E-state index contributed by atoms with van der Waals surface area (Å²) in [5.74, 6) is 0. The third kappa shape index (κ3) is 15.6. The Morgan fingerprint density at radius 1 is 1.09 bits per heavy atom. The Kier molecular flexibility index (Phi) is 14.0. The zero-order valence-electron chi connectivity index (χ0n) is 5.76. The molecule has 0 saturated heterocycles. The Morgan fingerprint density at radius 2 is 1.27 bits per heavy atom. The molecule has 0 N–H and O–H groups in total. The van der Waals surface area contributed by atoms with E-state index in [-0.39, 0.29) is 2.14 Å². The van der Waals surface area contributed by atoms with Crippen LogP contribution >= 0.6 is 95.6 Å². The van der Waals surface area contributed by atoms with Crippen LogP contribution in [-0.2, 0) is 0 Å². The van der Waals surface area contributed by atoms with E-state index >= 15 is 0 Å². The van der Waals surface area contributed by atoms with Crippen molar-refractivity contribution in [2.45, 2.75) is 13.9 Å². The number of hydrogen-bond donors (Lipinski definition) is 0. The predicted molar refractivity (Wildman–Crippen MR) is 75.5 cm³/mol. The molecule has 0 heterocycles. The fraction of sp³-hybridized carbons (Fsp3) is 1.00. The molecule has 0 aliphatic heterocycles. The lowest BCUT2D eigenvalue weighted by Crippen LogP contribution is -2.11. The Balaban J connectivity index is 0. The molecule has 0 spiro atoms. The highest BCUT2D eigenvalue weighted by Crippen LogP contribution is 2.40. The van der Waals surface area contributed by atoms with Gasteiger partial charge in [-0.1, -0.05) is 95.6 Å².